The fourth-order valence-corrected chi connectivity index (χ4v) is 2.36. The third-order valence-electron chi connectivity index (χ3n) is 3.19. The summed E-state index contributed by atoms with van der Waals surface area (Å²) in [6.45, 7) is 3.18. The lowest BCUT2D eigenvalue weighted by molar-refractivity contribution is -0.116. The number of carbonyl (C=O) groups excluding carboxylic acids is 2. The predicted octanol–water partition coefficient (Wildman–Crippen LogP) is 4.39. The van der Waals surface area contributed by atoms with Gasteiger partial charge in [-0.1, -0.05) is 29.3 Å². The van der Waals surface area contributed by atoms with Crippen LogP contribution in [0, 0.1) is 0 Å². The molecule has 2 rings (SSSR count). The molecular weight excluding hydrogens is 349 g/mol. The quantitative estimate of drug-likeness (QED) is 0.735. The van der Waals surface area contributed by atoms with Crippen molar-refractivity contribution in [1.29, 1.82) is 0 Å². The molecule has 1 unspecified atom stereocenters. The second-order valence-electron chi connectivity index (χ2n) is 5.22. The molecule has 24 heavy (non-hydrogen) atoms. The molecule has 1 atom stereocenters. The molecule has 0 saturated heterocycles. The van der Waals surface area contributed by atoms with Gasteiger partial charge < -0.3 is 16.0 Å². The average molecular weight is 366 g/mol. The van der Waals surface area contributed by atoms with Crippen LogP contribution in [0.3, 0.4) is 0 Å². The van der Waals surface area contributed by atoms with E-state index in [1.54, 1.807) is 49.4 Å². The lowest BCUT2D eigenvalue weighted by atomic mass is 10.2. The summed E-state index contributed by atoms with van der Waals surface area (Å²) in [5.74, 6) is -0.382. The van der Waals surface area contributed by atoms with E-state index < -0.39 is 6.04 Å². The Hall–Kier alpha value is -2.24. The maximum Gasteiger partial charge on any atom is 0.246 e. The molecule has 5 nitrogen and oxygen atoms in total. The van der Waals surface area contributed by atoms with Crippen molar-refractivity contribution in [3.63, 3.8) is 0 Å². The Labute approximate surface area is 150 Å². The molecule has 0 aliphatic carbocycles. The van der Waals surface area contributed by atoms with E-state index in [1.165, 1.54) is 6.92 Å². The van der Waals surface area contributed by atoms with Gasteiger partial charge in [-0.3, -0.25) is 9.59 Å². The molecule has 2 aromatic rings. The van der Waals surface area contributed by atoms with Crippen molar-refractivity contribution in [3.05, 3.63) is 52.5 Å². The number of hydrogen-bond donors (Lipinski definition) is 3. The van der Waals surface area contributed by atoms with E-state index in [0.29, 0.717) is 21.4 Å². The summed E-state index contributed by atoms with van der Waals surface area (Å²) in [6, 6.07) is 11.6. The molecule has 0 radical (unpaired) electrons. The number of amides is 2. The highest BCUT2D eigenvalue weighted by Crippen LogP contribution is 2.29. The van der Waals surface area contributed by atoms with Gasteiger partial charge in [0.05, 0.1) is 15.7 Å². The summed E-state index contributed by atoms with van der Waals surface area (Å²) in [4.78, 5) is 23.3. The fraction of sp³-hybridized carbons (Fsp3) is 0.176. The zero-order valence-electron chi connectivity index (χ0n) is 13.2. The van der Waals surface area contributed by atoms with Gasteiger partial charge in [-0.15, -0.1) is 0 Å². The van der Waals surface area contributed by atoms with Gasteiger partial charge in [-0.25, -0.2) is 0 Å². The monoisotopic (exact) mass is 365 g/mol. The Kier molecular flexibility index (Phi) is 6.06. The van der Waals surface area contributed by atoms with Crippen LogP contribution in [-0.4, -0.2) is 17.9 Å². The minimum atomic E-state index is -0.494. The van der Waals surface area contributed by atoms with Crippen LogP contribution in [0.2, 0.25) is 10.0 Å². The highest BCUT2D eigenvalue weighted by molar-refractivity contribution is 6.44. The summed E-state index contributed by atoms with van der Waals surface area (Å²) in [6.07, 6.45) is 0. The first-order chi connectivity index (χ1) is 11.4. The van der Waals surface area contributed by atoms with Crippen molar-refractivity contribution in [1.82, 2.24) is 0 Å². The van der Waals surface area contributed by atoms with E-state index in [1.807, 2.05) is 0 Å². The number of rotatable bonds is 5. The maximum absolute atomic E-state index is 12.3. The van der Waals surface area contributed by atoms with Crippen molar-refractivity contribution in [2.75, 3.05) is 16.0 Å². The van der Waals surface area contributed by atoms with E-state index in [-0.39, 0.29) is 11.8 Å². The third-order valence-corrected chi connectivity index (χ3v) is 4.01. The van der Waals surface area contributed by atoms with Crippen LogP contribution < -0.4 is 16.0 Å². The summed E-state index contributed by atoms with van der Waals surface area (Å²) >= 11 is 12.0. The number of halogens is 2. The van der Waals surface area contributed by atoms with Gasteiger partial charge in [0.1, 0.15) is 6.04 Å². The van der Waals surface area contributed by atoms with Gasteiger partial charge in [-0.2, -0.15) is 0 Å². The van der Waals surface area contributed by atoms with Crippen molar-refractivity contribution in [3.8, 4) is 0 Å². The van der Waals surface area contributed by atoms with Gasteiger partial charge in [0.25, 0.3) is 0 Å². The minimum Gasteiger partial charge on any atom is -0.374 e. The van der Waals surface area contributed by atoms with E-state index in [0.717, 1.165) is 5.69 Å². The van der Waals surface area contributed by atoms with Gasteiger partial charge in [-0.05, 0) is 43.3 Å². The zero-order valence-corrected chi connectivity index (χ0v) is 14.7. The number of carbonyl (C=O) groups is 2. The predicted molar refractivity (Wildman–Crippen MR) is 98.9 cm³/mol. The third kappa shape index (κ3) is 4.88. The van der Waals surface area contributed by atoms with E-state index in [2.05, 4.69) is 16.0 Å². The molecule has 0 aromatic heterocycles. The fourth-order valence-electron chi connectivity index (χ4n) is 2.01. The molecule has 0 spiro atoms. The first kappa shape index (κ1) is 18.1. The van der Waals surface area contributed by atoms with Crippen LogP contribution >= 0.6 is 23.2 Å². The number of benzene rings is 2. The summed E-state index contributed by atoms with van der Waals surface area (Å²) in [7, 11) is 0. The molecular formula is C17H17Cl2N3O2. The molecule has 0 saturated carbocycles. The van der Waals surface area contributed by atoms with Gasteiger partial charge in [0, 0.05) is 18.3 Å². The summed E-state index contributed by atoms with van der Waals surface area (Å²) in [5.41, 5.74) is 1.91. The lowest BCUT2D eigenvalue weighted by Gasteiger charge is -2.16. The molecule has 0 bridgehead atoms. The Morgan fingerprint density at radius 3 is 2.21 bits per heavy atom. The average Bonchev–Trinajstić information content (AvgIpc) is 2.53. The standard InChI is InChI=1S/C17H17Cl2N3O2/c1-10(17(24)22-15-5-3-4-14(18)16(15)19)20-12-6-8-13(9-7-12)21-11(2)23/h3-10,20H,1-2H3,(H,21,23)(H,22,24). The molecule has 2 aromatic carbocycles. The second kappa shape index (κ2) is 8.04. The molecule has 0 fully saturated rings. The van der Waals surface area contributed by atoms with Gasteiger partial charge in [0.2, 0.25) is 11.8 Å². The summed E-state index contributed by atoms with van der Waals surface area (Å²) < 4.78 is 0. The molecule has 3 N–H and O–H groups in total. The van der Waals surface area contributed by atoms with Crippen LogP contribution in [0.5, 0.6) is 0 Å². The van der Waals surface area contributed by atoms with Crippen LogP contribution in [-0.2, 0) is 9.59 Å². The van der Waals surface area contributed by atoms with E-state index in [4.69, 9.17) is 23.2 Å². The first-order valence-corrected chi connectivity index (χ1v) is 8.01. The maximum atomic E-state index is 12.3. The van der Waals surface area contributed by atoms with Crippen LogP contribution in [0.1, 0.15) is 13.8 Å². The highest BCUT2D eigenvalue weighted by atomic mass is 35.5. The second-order valence-corrected chi connectivity index (χ2v) is 6.00. The highest BCUT2D eigenvalue weighted by Gasteiger charge is 2.15. The smallest absolute Gasteiger partial charge is 0.246 e. The zero-order chi connectivity index (χ0) is 17.7. The van der Waals surface area contributed by atoms with Gasteiger partial charge in [0.15, 0.2) is 0 Å². The molecule has 0 aliphatic heterocycles. The minimum absolute atomic E-state index is 0.137. The van der Waals surface area contributed by atoms with Crippen molar-refractivity contribution >= 4 is 52.1 Å². The van der Waals surface area contributed by atoms with E-state index >= 15 is 0 Å². The SMILES string of the molecule is CC(=O)Nc1ccc(NC(C)C(=O)Nc2cccc(Cl)c2Cl)cc1. The molecule has 0 aliphatic rings. The lowest BCUT2D eigenvalue weighted by Crippen LogP contribution is -2.31. The van der Waals surface area contributed by atoms with E-state index in [9.17, 15) is 9.59 Å². The molecule has 7 heteroatoms. The molecule has 126 valence electrons. The Morgan fingerprint density at radius 2 is 1.58 bits per heavy atom. The van der Waals surface area contributed by atoms with Crippen LogP contribution in [0.25, 0.3) is 0 Å². The number of hydrogen-bond acceptors (Lipinski definition) is 3. The summed E-state index contributed by atoms with van der Waals surface area (Å²) in [5, 5.41) is 9.17. The number of nitrogens with one attached hydrogen (secondary N) is 3. The topological polar surface area (TPSA) is 70.2 Å². The van der Waals surface area contributed by atoms with Crippen molar-refractivity contribution < 1.29 is 9.59 Å². The molecule has 0 heterocycles. The van der Waals surface area contributed by atoms with Gasteiger partial charge >= 0.3 is 0 Å². The molecule has 2 amide bonds. The first-order valence-electron chi connectivity index (χ1n) is 7.26. The van der Waals surface area contributed by atoms with Crippen molar-refractivity contribution in [2.24, 2.45) is 0 Å². The van der Waals surface area contributed by atoms with Crippen molar-refractivity contribution in [2.45, 2.75) is 19.9 Å². The van der Waals surface area contributed by atoms with Crippen LogP contribution in [0.15, 0.2) is 42.5 Å². The van der Waals surface area contributed by atoms with Crippen LogP contribution in [0.4, 0.5) is 17.1 Å². The number of anilines is 3. The Bertz CT molecular complexity index is 748. The largest absolute Gasteiger partial charge is 0.374 e. The normalized spacial score (nSPS) is 11.5. The Balaban J connectivity index is 1.98. The Morgan fingerprint density at radius 1 is 0.958 bits per heavy atom.